The molecule has 16 heavy (non-hydrogen) atoms. The lowest BCUT2D eigenvalue weighted by Gasteiger charge is -2.05. The summed E-state index contributed by atoms with van der Waals surface area (Å²) in [4.78, 5) is 6.79. The van der Waals surface area contributed by atoms with Crippen LogP contribution >= 0.6 is 23.1 Å². The van der Waals surface area contributed by atoms with Crippen molar-refractivity contribution in [1.82, 2.24) is 4.98 Å². The van der Waals surface area contributed by atoms with Crippen molar-refractivity contribution >= 4 is 28.8 Å². The van der Waals surface area contributed by atoms with Crippen LogP contribution in [0.1, 0.15) is 9.88 Å². The summed E-state index contributed by atoms with van der Waals surface area (Å²) < 4.78 is 0. The van der Waals surface area contributed by atoms with E-state index in [4.69, 9.17) is 0 Å². The van der Waals surface area contributed by atoms with Gasteiger partial charge in [-0.3, -0.25) is 0 Å². The molecule has 0 aliphatic rings. The summed E-state index contributed by atoms with van der Waals surface area (Å²) in [5, 5.41) is 4.53. The normalized spacial score (nSPS) is 10.4. The van der Waals surface area contributed by atoms with Crippen LogP contribution in [-0.2, 0) is 6.54 Å². The minimum absolute atomic E-state index is 0.851. The van der Waals surface area contributed by atoms with Gasteiger partial charge >= 0.3 is 0 Å². The SMILES string of the molecule is CSc1cccc(NCc2cnc(C)s2)c1. The third kappa shape index (κ3) is 3.00. The molecule has 0 unspecified atom stereocenters. The number of thiazole rings is 1. The largest absolute Gasteiger partial charge is 0.380 e. The van der Waals surface area contributed by atoms with Crippen molar-refractivity contribution in [3.63, 3.8) is 0 Å². The number of nitrogens with zero attached hydrogens (tertiary/aromatic N) is 1. The lowest BCUT2D eigenvalue weighted by atomic mass is 10.3. The Labute approximate surface area is 104 Å². The Kier molecular flexibility index (Phi) is 3.85. The summed E-state index contributed by atoms with van der Waals surface area (Å²) in [7, 11) is 0. The number of hydrogen-bond donors (Lipinski definition) is 1. The number of aryl methyl sites for hydroxylation is 1. The molecule has 2 rings (SSSR count). The maximum Gasteiger partial charge on any atom is 0.0897 e. The first-order valence-corrected chi connectivity index (χ1v) is 7.11. The van der Waals surface area contributed by atoms with Crippen molar-refractivity contribution in [3.8, 4) is 0 Å². The van der Waals surface area contributed by atoms with E-state index in [-0.39, 0.29) is 0 Å². The highest BCUT2D eigenvalue weighted by Crippen LogP contribution is 2.20. The molecule has 4 heteroatoms. The van der Waals surface area contributed by atoms with E-state index in [1.165, 1.54) is 9.77 Å². The Morgan fingerprint density at radius 2 is 2.31 bits per heavy atom. The fraction of sp³-hybridized carbons (Fsp3) is 0.250. The van der Waals surface area contributed by atoms with Gasteiger partial charge in [-0.15, -0.1) is 23.1 Å². The highest BCUT2D eigenvalue weighted by molar-refractivity contribution is 7.98. The highest BCUT2D eigenvalue weighted by atomic mass is 32.2. The Morgan fingerprint density at radius 3 is 3.00 bits per heavy atom. The maximum absolute atomic E-state index is 4.24. The number of anilines is 1. The van der Waals surface area contributed by atoms with Gasteiger partial charge in [0.05, 0.1) is 11.6 Å². The molecular formula is C12H14N2S2. The molecule has 0 spiro atoms. The Bertz CT molecular complexity index is 466. The molecule has 1 aromatic heterocycles. The molecule has 0 saturated heterocycles. The quantitative estimate of drug-likeness (QED) is 0.836. The van der Waals surface area contributed by atoms with Gasteiger partial charge in [0.2, 0.25) is 0 Å². The Morgan fingerprint density at radius 1 is 1.44 bits per heavy atom. The zero-order valence-corrected chi connectivity index (χ0v) is 11.0. The lowest BCUT2D eigenvalue weighted by molar-refractivity contribution is 1.16. The molecule has 0 aliphatic carbocycles. The van der Waals surface area contributed by atoms with Gasteiger partial charge in [-0.1, -0.05) is 6.07 Å². The van der Waals surface area contributed by atoms with Crippen LogP contribution in [-0.4, -0.2) is 11.2 Å². The minimum atomic E-state index is 0.851. The average molecular weight is 250 g/mol. The maximum atomic E-state index is 4.24. The average Bonchev–Trinajstić information content (AvgIpc) is 2.73. The molecular weight excluding hydrogens is 236 g/mol. The van der Waals surface area contributed by atoms with Gasteiger partial charge in [-0.2, -0.15) is 0 Å². The molecule has 0 atom stereocenters. The summed E-state index contributed by atoms with van der Waals surface area (Å²) >= 11 is 3.50. The smallest absolute Gasteiger partial charge is 0.0897 e. The lowest BCUT2D eigenvalue weighted by Crippen LogP contribution is -1.96. The Balaban J connectivity index is 1.99. The van der Waals surface area contributed by atoms with Crippen molar-refractivity contribution in [2.45, 2.75) is 18.4 Å². The summed E-state index contributed by atoms with van der Waals surface area (Å²) in [6, 6.07) is 8.45. The van der Waals surface area contributed by atoms with Crippen molar-refractivity contribution in [1.29, 1.82) is 0 Å². The van der Waals surface area contributed by atoms with Gasteiger partial charge in [0.25, 0.3) is 0 Å². The molecule has 1 N–H and O–H groups in total. The topological polar surface area (TPSA) is 24.9 Å². The standard InChI is InChI=1S/C12H14N2S2/c1-9-13-7-12(16-9)8-14-10-4-3-5-11(6-10)15-2/h3-7,14H,8H2,1-2H3. The molecule has 1 aromatic carbocycles. The first-order valence-electron chi connectivity index (χ1n) is 5.07. The minimum Gasteiger partial charge on any atom is -0.380 e. The monoisotopic (exact) mass is 250 g/mol. The number of benzene rings is 1. The molecule has 0 bridgehead atoms. The highest BCUT2D eigenvalue weighted by Gasteiger charge is 1.98. The van der Waals surface area contributed by atoms with Gasteiger partial charge in [0.15, 0.2) is 0 Å². The predicted molar refractivity (Wildman–Crippen MR) is 72.4 cm³/mol. The van der Waals surface area contributed by atoms with Crippen LogP contribution in [0.25, 0.3) is 0 Å². The van der Waals surface area contributed by atoms with Gasteiger partial charge in [0, 0.05) is 21.7 Å². The molecule has 0 radical (unpaired) electrons. The van der Waals surface area contributed by atoms with Crippen LogP contribution in [0.5, 0.6) is 0 Å². The van der Waals surface area contributed by atoms with Gasteiger partial charge < -0.3 is 5.32 Å². The molecule has 0 amide bonds. The summed E-state index contributed by atoms with van der Waals surface area (Å²) in [6.07, 6.45) is 4.02. The van der Waals surface area contributed by atoms with Crippen LogP contribution in [0, 0.1) is 6.92 Å². The Hall–Kier alpha value is -1.000. The third-order valence-corrected chi connectivity index (χ3v) is 3.84. The fourth-order valence-corrected chi connectivity index (χ4v) is 2.60. The predicted octanol–water partition coefficient (Wildman–Crippen LogP) is 3.79. The van der Waals surface area contributed by atoms with Crippen LogP contribution in [0.4, 0.5) is 5.69 Å². The summed E-state index contributed by atoms with van der Waals surface area (Å²) in [5.74, 6) is 0. The zero-order chi connectivity index (χ0) is 11.4. The van der Waals surface area contributed by atoms with Crippen molar-refractivity contribution < 1.29 is 0 Å². The van der Waals surface area contributed by atoms with Crippen LogP contribution in [0.15, 0.2) is 35.4 Å². The van der Waals surface area contributed by atoms with Crippen LogP contribution < -0.4 is 5.32 Å². The van der Waals surface area contributed by atoms with Crippen LogP contribution in [0.2, 0.25) is 0 Å². The molecule has 1 heterocycles. The van der Waals surface area contributed by atoms with Crippen LogP contribution in [0.3, 0.4) is 0 Å². The number of hydrogen-bond acceptors (Lipinski definition) is 4. The number of rotatable bonds is 4. The van der Waals surface area contributed by atoms with Gasteiger partial charge in [-0.05, 0) is 31.4 Å². The zero-order valence-electron chi connectivity index (χ0n) is 9.36. The second-order valence-electron chi connectivity index (χ2n) is 3.43. The van der Waals surface area contributed by atoms with Crippen molar-refractivity contribution in [2.75, 3.05) is 11.6 Å². The molecule has 0 fully saturated rings. The van der Waals surface area contributed by atoms with Gasteiger partial charge in [0.1, 0.15) is 0 Å². The van der Waals surface area contributed by atoms with E-state index >= 15 is 0 Å². The van der Waals surface area contributed by atoms with E-state index in [2.05, 4.69) is 40.8 Å². The summed E-state index contributed by atoms with van der Waals surface area (Å²) in [5.41, 5.74) is 1.16. The molecule has 0 aliphatic heterocycles. The second kappa shape index (κ2) is 5.37. The van der Waals surface area contributed by atoms with E-state index in [1.807, 2.05) is 13.1 Å². The van der Waals surface area contributed by atoms with Crippen molar-refractivity contribution in [3.05, 3.63) is 40.3 Å². The molecule has 84 valence electrons. The van der Waals surface area contributed by atoms with E-state index in [0.717, 1.165) is 17.2 Å². The first-order chi connectivity index (χ1) is 7.78. The third-order valence-electron chi connectivity index (χ3n) is 2.21. The molecule has 0 saturated carbocycles. The number of aromatic nitrogens is 1. The molecule has 2 aromatic rings. The number of thioether (sulfide) groups is 1. The fourth-order valence-electron chi connectivity index (χ4n) is 1.41. The summed E-state index contributed by atoms with van der Waals surface area (Å²) in [6.45, 7) is 2.88. The van der Waals surface area contributed by atoms with E-state index in [0.29, 0.717) is 0 Å². The second-order valence-corrected chi connectivity index (χ2v) is 5.63. The van der Waals surface area contributed by atoms with Gasteiger partial charge in [-0.25, -0.2) is 4.98 Å². The van der Waals surface area contributed by atoms with E-state index < -0.39 is 0 Å². The number of nitrogens with one attached hydrogen (secondary N) is 1. The first kappa shape index (κ1) is 11.5. The van der Waals surface area contributed by atoms with Crippen molar-refractivity contribution in [2.24, 2.45) is 0 Å². The van der Waals surface area contributed by atoms with E-state index in [1.54, 1.807) is 23.1 Å². The molecule has 2 nitrogen and oxygen atoms in total. The van der Waals surface area contributed by atoms with E-state index in [9.17, 15) is 0 Å².